The molecule has 1 atom stereocenters. The van der Waals surface area contributed by atoms with Crippen molar-refractivity contribution in [1.29, 1.82) is 5.26 Å². The van der Waals surface area contributed by atoms with Crippen molar-refractivity contribution in [2.24, 2.45) is 0 Å². The number of alkyl halides is 9. The van der Waals surface area contributed by atoms with Gasteiger partial charge in [-0.1, -0.05) is 34.1 Å². The topological polar surface area (TPSA) is 23.8 Å². The predicted molar refractivity (Wildman–Crippen MR) is 88.9 cm³/mol. The van der Waals surface area contributed by atoms with Crippen LogP contribution in [0.1, 0.15) is 16.7 Å². The fourth-order valence-electron chi connectivity index (χ4n) is 2.71. The Labute approximate surface area is 166 Å². The highest BCUT2D eigenvalue weighted by molar-refractivity contribution is 9.10. The molecule has 0 saturated carbocycles. The van der Waals surface area contributed by atoms with Gasteiger partial charge in [-0.2, -0.15) is 40.4 Å². The molecule has 0 aliphatic rings. The number of aryl methyl sites for hydroxylation is 1. The van der Waals surface area contributed by atoms with Gasteiger partial charge in [-0.3, -0.25) is 0 Å². The Kier molecular flexibility index (Phi) is 5.75. The lowest BCUT2D eigenvalue weighted by Gasteiger charge is -2.37. The van der Waals surface area contributed by atoms with Crippen LogP contribution in [0.2, 0.25) is 0 Å². The first-order valence-electron chi connectivity index (χ1n) is 7.59. The molecule has 0 N–H and O–H groups in total. The minimum absolute atomic E-state index is 0.0430. The van der Waals surface area contributed by atoms with Crippen molar-refractivity contribution in [2.75, 3.05) is 0 Å². The minimum atomic E-state index is -6.82. The van der Waals surface area contributed by atoms with Crippen LogP contribution in [-0.4, -0.2) is 18.3 Å². The molecular weight excluding hydrogens is 481 g/mol. The van der Waals surface area contributed by atoms with Crippen LogP contribution in [0.3, 0.4) is 0 Å². The van der Waals surface area contributed by atoms with E-state index in [4.69, 9.17) is 5.26 Å². The normalized spacial score (nSPS) is 15.0. The molecule has 0 fully saturated rings. The molecule has 1 unspecified atom stereocenters. The summed E-state index contributed by atoms with van der Waals surface area (Å²) in [6.07, 6.45) is -13.4. The monoisotopic (exact) mass is 489 g/mol. The molecule has 0 aromatic heterocycles. The lowest BCUT2D eigenvalue weighted by atomic mass is 9.82. The van der Waals surface area contributed by atoms with Gasteiger partial charge in [-0.05, 0) is 36.2 Å². The van der Waals surface area contributed by atoms with Crippen LogP contribution < -0.4 is 0 Å². The van der Waals surface area contributed by atoms with Crippen LogP contribution in [0, 0.1) is 18.3 Å². The van der Waals surface area contributed by atoms with Crippen molar-refractivity contribution in [3.63, 3.8) is 0 Å². The van der Waals surface area contributed by atoms with Gasteiger partial charge in [-0.15, -0.1) is 0 Å². The summed E-state index contributed by atoms with van der Waals surface area (Å²) in [7, 11) is 0. The molecule has 2 aromatic carbocycles. The average molecular weight is 490 g/mol. The molecular formula is C18H9BrF9N. The first-order chi connectivity index (χ1) is 13.1. The minimum Gasteiger partial charge on any atom is -0.221 e. The molecule has 2 rings (SSSR count). The highest BCUT2D eigenvalue weighted by Gasteiger charge is 2.82. The van der Waals surface area contributed by atoms with Gasteiger partial charge in [0.25, 0.3) is 0 Å². The summed E-state index contributed by atoms with van der Waals surface area (Å²) >= 11 is 2.82. The van der Waals surface area contributed by atoms with Crippen LogP contribution in [0.5, 0.6) is 0 Å². The van der Waals surface area contributed by atoms with Crippen molar-refractivity contribution in [2.45, 2.75) is 30.9 Å². The van der Waals surface area contributed by atoms with Crippen molar-refractivity contribution in [3.05, 3.63) is 57.6 Å². The Morgan fingerprint density at radius 3 is 1.76 bits per heavy atom. The fourth-order valence-corrected chi connectivity index (χ4v) is 3.52. The highest BCUT2D eigenvalue weighted by Crippen LogP contribution is 2.60. The maximum absolute atomic E-state index is 15.1. The lowest BCUT2D eigenvalue weighted by molar-refractivity contribution is -0.389. The van der Waals surface area contributed by atoms with E-state index in [-0.39, 0.29) is 21.2 Å². The molecule has 1 nitrogen and oxygen atoms in total. The van der Waals surface area contributed by atoms with E-state index in [1.54, 1.807) is 6.07 Å². The van der Waals surface area contributed by atoms with Gasteiger partial charge in [0.1, 0.15) is 0 Å². The predicted octanol–water partition coefficient (Wildman–Crippen LogP) is 7.22. The molecule has 29 heavy (non-hydrogen) atoms. The van der Waals surface area contributed by atoms with Gasteiger partial charge in [0.2, 0.25) is 0 Å². The number of hydrogen-bond donors (Lipinski definition) is 0. The fraction of sp³-hybridized carbons (Fsp3) is 0.278. The molecule has 156 valence electrons. The summed E-state index contributed by atoms with van der Waals surface area (Å²) in [6, 6.07) is 7.37. The number of benzene rings is 2. The first-order valence-corrected chi connectivity index (χ1v) is 8.38. The van der Waals surface area contributed by atoms with Gasteiger partial charge >= 0.3 is 23.9 Å². The van der Waals surface area contributed by atoms with Gasteiger partial charge in [0.15, 0.2) is 0 Å². The maximum Gasteiger partial charge on any atom is 0.457 e. The van der Waals surface area contributed by atoms with E-state index in [1.165, 1.54) is 0 Å². The summed E-state index contributed by atoms with van der Waals surface area (Å²) < 4.78 is 122. The zero-order chi connectivity index (χ0) is 22.4. The second-order valence-corrected chi connectivity index (χ2v) is 6.94. The highest BCUT2D eigenvalue weighted by atomic mass is 79.9. The first kappa shape index (κ1) is 23.1. The molecule has 0 aliphatic carbocycles. The number of hydrogen-bond acceptors (Lipinski definition) is 1. The zero-order valence-electron chi connectivity index (χ0n) is 14.2. The van der Waals surface area contributed by atoms with Gasteiger partial charge in [-0.25, -0.2) is 4.39 Å². The largest absolute Gasteiger partial charge is 0.457 e. The average Bonchev–Trinajstić information content (AvgIpc) is 2.58. The molecule has 0 spiro atoms. The number of rotatable bonds is 3. The second kappa shape index (κ2) is 7.23. The van der Waals surface area contributed by atoms with Crippen LogP contribution in [0.15, 0.2) is 40.9 Å². The number of halogens is 10. The Morgan fingerprint density at radius 2 is 1.34 bits per heavy atom. The summed E-state index contributed by atoms with van der Waals surface area (Å²) in [6.45, 7) is 1.11. The van der Waals surface area contributed by atoms with Crippen molar-refractivity contribution in [1.82, 2.24) is 0 Å². The van der Waals surface area contributed by atoms with Crippen LogP contribution in [0.25, 0.3) is 11.1 Å². The third-order valence-electron chi connectivity index (χ3n) is 4.09. The van der Waals surface area contributed by atoms with E-state index in [9.17, 15) is 35.1 Å². The van der Waals surface area contributed by atoms with Crippen molar-refractivity contribution >= 4 is 15.9 Å². The molecule has 2 aromatic rings. The molecule has 0 aliphatic heterocycles. The smallest absolute Gasteiger partial charge is 0.221 e. The molecule has 11 heteroatoms. The quantitative estimate of drug-likeness (QED) is 0.417. The van der Waals surface area contributed by atoms with Gasteiger partial charge < -0.3 is 0 Å². The number of nitriles is 1. The van der Waals surface area contributed by atoms with E-state index in [2.05, 4.69) is 15.9 Å². The van der Waals surface area contributed by atoms with E-state index >= 15 is 4.39 Å². The molecule has 0 heterocycles. The lowest BCUT2D eigenvalue weighted by Crippen LogP contribution is -2.60. The Hall–Kier alpha value is -2.22. The van der Waals surface area contributed by atoms with Crippen molar-refractivity contribution in [3.8, 4) is 17.2 Å². The second-order valence-electron chi connectivity index (χ2n) is 6.09. The third-order valence-corrected chi connectivity index (χ3v) is 4.71. The summed E-state index contributed by atoms with van der Waals surface area (Å²) in [5.41, 5.74) is -9.26. The van der Waals surface area contributed by atoms with E-state index in [1.807, 2.05) is 0 Å². The SMILES string of the molecule is Cc1cc(Br)c(-c2ccc(C#N)cc2)c(C(F)(C(F)(F)F)C(F)(F)C(F)(F)F)c1. The van der Waals surface area contributed by atoms with E-state index in [0.717, 1.165) is 37.3 Å². The molecule has 0 radical (unpaired) electrons. The van der Waals surface area contributed by atoms with Gasteiger partial charge in [0, 0.05) is 15.6 Å². The van der Waals surface area contributed by atoms with Gasteiger partial charge in [0.05, 0.1) is 11.6 Å². The molecule has 0 amide bonds. The Morgan fingerprint density at radius 1 is 0.828 bits per heavy atom. The summed E-state index contributed by atoms with van der Waals surface area (Å²) in [5, 5.41) is 8.78. The van der Waals surface area contributed by atoms with Crippen LogP contribution in [-0.2, 0) is 5.67 Å². The van der Waals surface area contributed by atoms with Crippen molar-refractivity contribution < 1.29 is 39.5 Å². The standard InChI is InChI=1S/C18H9BrF9N/c1-9-6-12(15(20,17(23,24)25)16(21,22)18(26,27)28)14(13(19)7-9)11-4-2-10(8-29)3-5-11/h2-7H,1H3. The van der Waals surface area contributed by atoms with E-state index in [0.29, 0.717) is 6.07 Å². The molecule has 0 saturated heterocycles. The third kappa shape index (κ3) is 3.70. The Balaban J connectivity index is 2.98. The van der Waals surface area contributed by atoms with Crippen LogP contribution >= 0.6 is 15.9 Å². The number of nitrogens with zero attached hydrogens (tertiary/aromatic N) is 1. The van der Waals surface area contributed by atoms with E-state index < -0.39 is 35.1 Å². The summed E-state index contributed by atoms with van der Waals surface area (Å²) in [4.78, 5) is 0. The van der Waals surface area contributed by atoms with Crippen LogP contribution in [0.4, 0.5) is 39.5 Å². The Bertz CT molecular complexity index is 956. The zero-order valence-corrected chi connectivity index (χ0v) is 15.8. The maximum atomic E-state index is 15.1. The summed E-state index contributed by atoms with van der Waals surface area (Å²) in [5.74, 6) is -6.78. The molecule has 0 bridgehead atoms.